The van der Waals surface area contributed by atoms with E-state index in [2.05, 4.69) is 0 Å². The number of hydrogen-bond acceptors (Lipinski definition) is 3. The number of rotatable bonds is 3. The third-order valence-electron chi connectivity index (χ3n) is 1.93. The van der Waals surface area contributed by atoms with Crippen LogP contribution in [0.25, 0.3) is 0 Å². The number of carbonyl (C=O) groups is 1. The second-order valence-electron chi connectivity index (χ2n) is 3.05. The number of hydrogen-bond donors (Lipinski definition) is 1. The molecule has 0 radical (unpaired) electrons. The number of carboxylic acids is 1. The number of nitro groups is 1. The summed E-state index contributed by atoms with van der Waals surface area (Å²) in [5.41, 5.74) is -0.405. The van der Waals surface area contributed by atoms with Crippen molar-refractivity contribution in [3.05, 3.63) is 39.2 Å². The predicted molar refractivity (Wildman–Crippen MR) is 49.1 cm³/mol. The zero-order valence-electron chi connectivity index (χ0n) is 7.86. The summed E-state index contributed by atoms with van der Waals surface area (Å²) in [5.74, 6) is -1.92. The molecule has 0 heterocycles. The molecule has 5 nitrogen and oxygen atoms in total. The van der Waals surface area contributed by atoms with E-state index in [0.717, 1.165) is 12.1 Å². The van der Waals surface area contributed by atoms with Gasteiger partial charge in [-0.15, -0.1) is 0 Å². The van der Waals surface area contributed by atoms with Crippen LogP contribution in [0.2, 0.25) is 0 Å². The Labute approximate surface area is 84.3 Å². The van der Waals surface area contributed by atoms with Crippen LogP contribution in [0.3, 0.4) is 0 Å². The summed E-state index contributed by atoms with van der Waals surface area (Å²) < 4.78 is 13.2. The average molecular weight is 213 g/mol. The molecule has 1 N–H and O–H groups in total. The summed E-state index contributed by atoms with van der Waals surface area (Å²) in [4.78, 5) is 20.1. The molecule has 0 fully saturated rings. The third-order valence-corrected chi connectivity index (χ3v) is 1.93. The van der Waals surface area contributed by atoms with Gasteiger partial charge in [0.05, 0.1) is 16.9 Å². The van der Waals surface area contributed by atoms with Crippen LogP contribution >= 0.6 is 0 Å². The van der Waals surface area contributed by atoms with Crippen molar-refractivity contribution in [3.63, 3.8) is 0 Å². The molecule has 1 aromatic rings. The van der Waals surface area contributed by atoms with Gasteiger partial charge in [0.2, 0.25) is 0 Å². The quantitative estimate of drug-likeness (QED) is 0.611. The van der Waals surface area contributed by atoms with E-state index in [1.165, 1.54) is 6.92 Å². The van der Waals surface area contributed by atoms with Crippen LogP contribution in [0.15, 0.2) is 12.1 Å². The lowest BCUT2D eigenvalue weighted by Crippen LogP contribution is -2.03. The van der Waals surface area contributed by atoms with Crippen molar-refractivity contribution < 1.29 is 19.2 Å². The van der Waals surface area contributed by atoms with Crippen LogP contribution in [0, 0.1) is 22.9 Å². The van der Waals surface area contributed by atoms with E-state index >= 15 is 0 Å². The molecule has 0 saturated carbocycles. The van der Waals surface area contributed by atoms with Crippen molar-refractivity contribution in [2.45, 2.75) is 13.3 Å². The first-order valence-corrected chi connectivity index (χ1v) is 4.07. The Hall–Kier alpha value is -1.98. The molecule has 0 bridgehead atoms. The SMILES string of the molecule is Cc1c(F)cc(CC(=O)O)cc1[N+](=O)[O-]. The molecule has 15 heavy (non-hydrogen) atoms. The Morgan fingerprint density at radius 3 is 2.67 bits per heavy atom. The Balaban J connectivity index is 3.23. The number of benzene rings is 1. The van der Waals surface area contributed by atoms with E-state index < -0.39 is 28.8 Å². The van der Waals surface area contributed by atoms with Crippen LogP contribution in [-0.4, -0.2) is 16.0 Å². The highest BCUT2D eigenvalue weighted by molar-refractivity contribution is 5.70. The van der Waals surface area contributed by atoms with Crippen molar-refractivity contribution in [1.82, 2.24) is 0 Å². The summed E-state index contributed by atoms with van der Waals surface area (Å²) in [7, 11) is 0. The van der Waals surface area contributed by atoms with Gasteiger partial charge in [-0.05, 0) is 18.6 Å². The van der Waals surface area contributed by atoms with E-state index in [-0.39, 0.29) is 11.1 Å². The van der Waals surface area contributed by atoms with Gasteiger partial charge in [-0.1, -0.05) is 0 Å². The number of nitrogens with zero attached hydrogens (tertiary/aromatic N) is 1. The molecule has 80 valence electrons. The topological polar surface area (TPSA) is 80.4 Å². The monoisotopic (exact) mass is 213 g/mol. The molecule has 6 heteroatoms. The van der Waals surface area contributed by atoms with Crippen LogP contribution in [0.1, 0.15) is 11.1 Å². The average Bonchev–Trinajstić information content (AvgIpc) is 2.09. The Morgan fingerprint density at radius 2 is 2.20 bits per heavy atom. The highest BCUT2D eigenvalue weighted by Gasteiger charge is 2.17. The molecule has 0 unspecified atom stereocenters. The lowest BCUT2D eigenvalue weighted by atomic mass is 10.1. The lowest BCUT2D eigenvalue weighted by molar-refractivity contribution is -0.385. The van der Waals surface area contributed by atoms with Crippen LogP contribution in [0.4, 0.5) is 10.1 Å². The minimum atomic E-state index is -1.16. The first-order valence-electron chi connectivity index (χ1n) is 4.07. The van der Waals surface area contributed by atoms with Crippen LogP contribution in [0.5, 0.6) is 0 Å². The van der Waals surface area contributed by atoms with Gasteiger partial charge in [-0.2, -0.15) is 0 Å². The van der Waals surface area contributed by atoms with Crippen molar-refractivity contribution in [1.29, 1.82) is 0 Å². The second-order valence-corrected chi connectivity index (χ2v) is 3.05. The summed E-state index contributed by atoms with van der Waals surface area (Å²) >= 11 is 0. The maximum atomic E-state index is 13.2. The minimum Gasteiger partial charge on any atom is -0.481 e. The van der Waals surface area contributed by atoms with Gasteiger partial charge in [0.25, 0.3) is 5.69 Å². The Kier molecular flexibility index (Phi) is 2.99. The maximum Gasteiger partial charge on any atom is 0.307 e. The fraction of sp³-hybridized carbons (Fsp3) is 0.222. The fourth-order valence-electron chi connectivity index (χ4n) is 1.19. The van der Waals surface area contributed by atoms with E-state index in [1.807, 2.05) is 0 Å². The fourth-order valence-corrected chi connectivity index (χ4v) is 1.19. The molecule has 0 aliphatic carbocycles. The molecule has 1 rings (SSSR count). The van der Waals surface area contributed by atoms with Gasteiger partial charge in [-0.3, -0.25) is 14.9 Å². The number of aliphatic carboxylic acids is 1. The van der Waals surface area contributed by atoms with Crippen molar-refractivity contribution in [3.8, 4) is 0 Å². The highest BCUT2D eigenvalue weighted by atomic mass is 19.1. The van der Waals surface area contributed by atoms with Crippen LogP contribution in [-0.2, 0) is 11.2 Å². The third kappa shape index (κ3) is 2.49. The summed E-state index contributed by atoms with van der Waals surface area (Å²) in [6.45, 7) is 1.28. The van der Waals surface area contributed by atoms with E-state index in [0.29, 0.717) is 0 Å². The maximum absolute atomic E-state index is 13.2. The van der Waals surface area contributed by atoms with Gasteiger partial charge < -0.3 is 5.11 Å². The van der Waals surface area contributed by atoms with Gasteiger partial charge in [-0.25, -0.2) is 4.39 Å². The molecule has 0 saturated heterocycles. The first kappa shape index (κ1) is 11.1. The van der Waals surface area contributed by atoms with E-state index in [4.69, 9.17) is 5.11 Å². The molecular formula is C9H8FNO4. The van der Waals surface area contributed by atoms with Crippen molar-refractivity contribution in [2.24, 2.45) is 0 Å². The normalized spacial score (nSPS) is 10.0. The smallest absolute Gasteiger partial charge is 0.307 e. The Morgan fingerprint density at radius 1 is 1.60 bits per heavy atom. The van der Waals surface area contributed by atoms with Gasteiger partial charge in [0, 0.05) is 6.07 Å². The van der Waals surface area contributed by atoms with Crippen molar-refractivity contribution in [2.75, 3.05) is 0 Å². The molecule has 0 aliphatic rings. The standard InChI is InChI=1S/C9H8FNO4/c1-5-7(10)2-6(4-9(12)13)3-8(5)11(14)15/h2-3H,4H2,1H3,(H,12,13). The molecular weight excluding hydrogens is 205 g/mol. The predicted octanol–water partition coefficient (Wildman–Crippen LogP) is 1.67. The van der Waals surface area contributed by atoms with Gasteiger partial charge in [0.1, 0.15) is 5.82 Å². The first-order chi connectivity index (χ1) is 6.91. The number of carboxylic acid groups (broad SMARTS) is 1. The summed E-state index contributed by atoms with van der Waals surface area (Å²) in [5, 5.41) is 19.0. The molecule has 0 amide bonds. The minimum absolute atomic E-state index is 0.0808. The van der Waals surface area contributed by atoms with Gasteiger partial charge >= 0.3 is 5.97 Å². The second kappa shape index (κ2) is 4.04. The zero-order valence-corrected chi connectivity index (χ0v) is 7.86. The number of halogens is 1. The number of nitro benzene ring substituents is 1. The lowest BCUT2D eigenvalue weighted by Gasteiger charge is -2.02. The van der Waals surface area contributed by atoms with Crippen molar-refractivity contribution >= 4 is 11.7 Å². The van der Waals surface area contributed by atoms with E-state index in [9.17, 15) is 19.3 Å². The molecule has 0 aromatic heterocycles. The summed E-state index contributed by atoms with van der Waals surface area (Å²) in [6.07, 6.45) is -0.433. The molecule has 0 atom stereocenters. The zero-order chi connectivity index (χ0) is 11.6. The highest BCUT2D eigenvalue weighted by Crippen LogP contribution is 2.22. The summed E-state index contributed by atoms with van der Waals surface area (Å²) in [6, 6.07) is 2.07. The van der Waals surface area contributed by atoms with E-state index in [1.54, 1.807) is 0 Å². The molecule has 1 aromatic carbocycles. The molecule has 0 aliphatic heterocycles. The largest absolute Gasteiger partial charge is 0.481 e. The molecule has 0 spiro atoms. The van der Waals surface area contributed by atoms with Crippen LogP contribution < -0.4 is 0 Å². The van der Waals surface area contributed by atoms with Gasteiger partial charge in [0.15, 0.2) is 0 Å². The Bertz CT molecular complexity index is 430.